The molecule has 0 unspecified atom stereocenters. The number of nitrogens with one attached hydrogen (secondary N) is 1. The molecule has 0 aliphatic heterocycles. The molecular formula is C12H15BrN4. The molecular weight excluding hydrogens is 280 g/mol. The maximum Gasteiger partial charge on any atom is 0.243 e. The summed E-state index contributed by atoms with van der Waals surface area (Å²) in [5, 5.41) is 7.95. The minimum absolute atomic E-state index is 0.234. The van der Waals surface area contributed by atoms with Crippen LogP contribution in [0.1, 0.15) is 32.6 Å². The lowest BCUT2D eigenvalue weighted by Crippen LogP contribution is -2.44. The van der Waals surface area contributed by atoms with Gasteiger partial charge in [-0.25, -0.2) is 4.52 Å². The van der Waals surface area contributed by atoms with E-state index in [9.17, 15) is 0 Å². The minimum atomic E-state index is 0.234. The average Bonchev–Trinajstić information content (AvgIpc) is 2.68. The molecule has 17 heavy (non-hydrogen) atoms. The Morgan fingerprint density at radius 1 is 1.53 bits per heavy atom. The number of hydrogen-bond donors (Lipinski definition) is 1. The van der Waals surface area contributed by atoms with E-state index >= 15 is 0 Å². The molecule has 0 bridgehead atoms. The van der Waals surface area contributed by atoms with Crippen molar-refractivity contribution in [3.63, 3.8) is 0 Å². The van der Waals surface area contributed by atoms with Crippen molar-refractivity contribution < 1.29 is 0 Å². The van der Waals surface area contributed by atoms with E-state index < -0.39 is 0 Å². The molecule has 1 aliphatic carbocycles. The van der Waals surface area contributed by atoms with E-state index in [0.29, 0.717) is 0 Å². The van der Waals surface area contributed by atoms with Gasteiger partial charge in [0.25, 0.3) is 0 Å². The van der Waals surface area contributed by atoms with Crippen molar-refractivity contribution in [3.8, 4) is 0 Å². The first-order valence-electron chi connectivity index (χ1n) is 6.01. The number of nitrogens with zero attached hydrogens (tertiary/aromatic N) is 3. The van der Waals surface area contributed by atoms with Crippen molar-refractivity contribution >= 4 is 27.5 Å². The van der Waals surface area contributed by atoms with Crippen LogP contribution in [0.25, 0.3) is 5.65 Å². The number of rotatable bonds is 3. The summed E-state index contributed by atoms with van der Waals surface area (Å²) in [5.74, 6) is 0.735. The van der Waals surface area contributed by atoms with Gasteiger partial charge in [-0.2, -0.15) is 4.98 Å². The van der Waals surface area contributed by atoms with Gasteiger partial charge in [-0.1, -0.05) is 6.92 Å². The molecule has 2 aromatic heterocycles. The zero-order valence-corrected chi connectivity index (χ0v) is 11.4. The van der Waals surface area contributed by atoms with Gasteiger partial charge in [0.05, 0.1) is 4.47 Å². The highest BCUT2D eigenvalue weighted by atomic mass is 79.9. The van der Waals surface area contributed by atoms with Gasteiger partial charge in [-0.3, -0.25) is 0 Å². The zero-order chi connectivity index (χ0) is 11.9. The van der Waals surface area contributed by atoms with E-state index in [-0.39, 0.29) is 5.54 Å². The van der Waals surface area contributed by atoms with Crippen LogP contribution in [-0.2, 0) is 0 Å². The Morgan fingerprint density at radius 3 is 2.94 bits per heavy atom. The van der Waals surface area contributed by atoms with Crippen LogP contribution in [0.4, 0.5) is 5.95 Å². The number of anilines is 1. The van der Waals surface area contributed by atoms with Crippen molar-refractivity contribution in [2.75, 3.05) is 5.32 Å². The zero-order valence-electron chi connectivity index (χ0n) is 9.78. The first-order valence-corrected chi connectivity index (χ1v) is 6.81. The Morgan fingerprint density at radius 2 is 2.35 bits per heavy atom. The summed E-state index contributed by atoms with van der Waals surface area (Å²) in [5.41, 5.74) is 1.10. The van der Waals surface area contributed by atoms with Gasteiger partial charge in [-0.05, 0) is 53.7 Å². The molecule has 0 aromatic carbocycles. The van der Waals surface area contributed by atoms with Gasteiger partial charge in [0.2, 0.25) is 5.95 Å². The van der Waals surface area contributed by atoms with E-state index in [0.717, 1.165) is 22.5 Å². The molecule has 3 rings (SSSR count). The van der Waals surface area contributed by atoms with Crippen molar-refractivity contribution in [3.05, 3.63) is 22.8 Å². The third-order valence-electron chi connectivity index (χ3n) is 3.68. The Labute approximate surface area is 109 Å². The third-order valence-corrected chi connectivity index (χ3v) is 4.30. The predicted molar refractivity (Wildman–Crippen MR) is 71.2 cm³/mol. The Hall–Kier alpha value is -1.10. The van der Waals surface area contributed by atoms with E-state index in [1.54, 1.807) is 4.52 Å². The van der Waals surface area contributed by atoms with Gasteiger partial charge in [0, 0.05) is 11.7 Å². The van der Waals surface area contributed by atoms with Crippen molar-refractivity contribution in [1.82, 2.24) is 14.6 Å². The third kappa shape index (κ3) is 1.82. The summed E-state index contributed by atoms with van der Waals surface area (Å²) in [6.45, 7) is 2.22. The normalized spacial score (nSPS) is 18.0. The summed E-state index contributed by atoms with van der Waals surface area (Å²) < 4.78 is 2.77. The standard InChI is InChI=1S/C12H15BrN4/c1-2-12(6-4-7-12)15-11-14-10-9(13)5-3-8-17(10)16-11/h3,5,8H,2,4,6-7H2,1H3,(H,15,16). The lowest BCUT2D eigenvalue weighted by Gasteiger charge is -2.41. The van der Waals surface area contributed by atoms with Gasteiger partial charge in [-0.15, -0.1) is 5.10 Å². The molecule has 90 valence electrons. The molecule has 0 radical (unpaired) electrons. The van der Waals surface area contributed by atoms with Crippen LogP contribution in [0.2, 0.25) is 0 Å². The van der Waals surface area contributed by atoms with E-state index in [1.165, 1.54) is 19.3 Å². The van der Waals surface area contributed by atoms with Crippen LogP contribution in [-0.4, -0.2) is 20.1 Å². The van der Waals surface area contributed by atoms with E-state index in [2.05, 4.69) is 38.3 Å². The molecule has 0 amide bonds. The maximum absolute atomic E-state index is 4.52. The number of fused-ring (bicyclic) bond motifs is 1. The predicted octanol–water partition coefficient (Wildman–Crippen LogP) is 3.24. The summed E-state index contributed by atoms with van der Waals surface area (Å²) in [7, 11) is 0. The van der Waals surface area contributed by atoms with Crippen molar-refractivity contribution in [2.24, 2.45) is 0 Å². The van der Waals surface area contributed by atoms with Gasteiger partial charge in [0.1, 0.15) is 0 Å². The molecule has 1 aliphatic rings. The molecule has 0 atom stereocenters. The Balaban J connectivity index is 1.93. The van der Waals surface area contributed by atoms with Gasteiger partial charge >= 0.3 is 0 Å². The van der Waals surface area contributed by atoms with Crippen LogP contribution in [0.15, 0.2) is 22.8 Å². The van der Waals surface area contributed by atoms with Crippen LogP contribution in [0.5, 0.6) is 0 Å². The van der Waals surface area contributed by atoms with Crippen LogP contribution in [0.3, 0.4) is 0 Å². The van der Waals surface area contributed by atoms with E-state index in [4.69, 9.17) is 0 Å². The van der Waals surface area contributed by atoms with Gasteiger partial charge < -0.3 is 5.32 Å². The fourth-order valence-electron chi connectivity index (χ4n) is 2.33. The first-order chi connectivity index (χ1) is 8.22. The fraction of sp³-hybridized carbons (Fsp3) is 0.500. The van der Waals surface area contributed by atoms with Crippen LogP contribution in [0, 0.1) is 0 Å². The van der Waals surface area contributed by atoms with Crippen LogP contribution >= 0.6 is 15.9 Å². The summed E-state index contributed by atoms with van der Waals surface area (Å²) in [4.78, 5) is 4.52. The SMILES string of the molecule is CCC1(Nc2nc3c(Br)cccn3n2)CCC1. The lowest BCUT2D eigenvalue weighted by molar-refractivity contribution is 0.268. The highest BCUT2D eigenvalue weighted by Crippen LogP contribution is 2.37. The second-order valence-electron chi connectivity index (χ2n) is 4.67. The molecule has 1 saturated carbocycles. The maximum atomic E-state index is 4.52. The monoisotopic (exact) mass is 294 g/mol. The van der Waals surface area contributed by atoms with Crippen molar-refractivity contribution in [1.29, 1.82) is 0 Å². The number of hydrogen-bond acceptors (Lipinski definition) is 3. The molecule has 4 nitrogen and oxygen atoms in total. The molecule has 2 aromatic rings. The Kier molecular flexibility index (Phi) is 2.58. The van der Waals surface area contributed by atoms with Gasteiger partial charge in [0.15, 0.2) is 5.65 Å². The van der Waals surface area contributed by atoms with E-state index in [1.807, 2.05) is 18.3 Å². The number of aromatic nitrogens is 3. The minimum Gasteiger partial charge on any atom is -0.347 e. The highest BCUT2D eigenvalue weighted by molar-refractivity contribution is 9.10. The van der Waals surface area contributed by atoms with Crippen LogP contribution < -0.4 is 5.32 Å². The molecule has 0 spiro atoms. The topological polar surface area (TPSA) is 42.2 Å². The molecule has 1 fully saturated rings. The molecule has 0 saturated heterocycles. The quantitative estimate of drug-likeness (QED) is 0.945. The molecule has 1 N–H and O–H groups in total. The average molecular weight is 295 g/mol. The molecule has 2 heterocycles. The second kappa shape index (κ2) is 3.98. The molecule has 5 heteroatoms. The summed E-state index contributed by atoms with van der Waals surface area (Å²) >= 11 is 3.49. The fourth-order valence-corrected chi connectivity index (χ4v) is 2.76. The smallest absolute Gasteiger partial charge is 0.243 e. The lowest BCUT2D eigenvalue weighted by atomic mass is 9.75. The second-order valence-corrected chi connectivity index (χ2v) is 5.53. The summed E-state index contributed by atoms with van der Waals surface area (Å²) in [6.07, 6.45) is 6.79. The van der Waals surface area contributed by atoms with Crippen molar-refractivity contribution in [2.45, 2.75) is 38.1 Å². The number of halogens is 1. The number of pyridine rings is 1. The summed E-state index contributed by atoms with van der Waals surface area (Å²) in [6, 6.07) is 3.93. The Bertz CT molecular complexity index is 539. The first kappa shape index (κ1) is 11.0. The highest BCUT2D eigenvalue weighted by Gasteiger charge is 2.35. The largest absolute Gasteiger partial charge is 0.347 e.